The predicted molar refractivity (Wildman–Crippen MR) is 343 cm³/mol. The second-order valence-electron chi connectivity index (χ2n) is 25.9. The summed E-state index contributed by atoms with van der Waals surface area (Å²) in [6, 6.07) is 41.1. The lowest BCUT2D eigenvalue weighted by Gasteiger charge is -2.22. The minimum absolute atomic E-state index is 0.141. The van der Waals surface area contributed by atoms with Crippen LogP contribution in [-0.4, -0.2) is 0 Å². The van der Waals surface area contributed by atoms with E-state index in [9.17, 15) is 0 Å². The van der Waals surface area contributed by atoms with Crippen molar-refractivity contribution in [3.05, 3.63) is 169 Å². The molecule has 6 heteroatoms. The summed E-state index contributed by atoms with van der Waals surface area (Å²) in [5.41, 5.74) is 9.05. The zero-order chi connectivity index (χ0) is 53.6. The topological polar surface area (TPSA) is 0 Å². The summed E-state index contributed by atoms with van der Waals surface area (Å²) < 4.78 is 6.80. The highest BCUT2D eigenvalue weighted by Gasteiger charge is 2.23. The molecule has 0 aliphatic rings. The van der Waals surface area contributed by atoms with E-state index in [1.807, 2.05) is 0 Å². The Morgan fingerprint density at radius 1 is 0.181 bits per heavy atom. The lowest BCUT2D eigenvalue weighted by Crippen LogP contribution is -2.11. The van der Waals surface area contributed by atoms with Gasteiger partial charge in [0.05, 0.1) is 0 Å². The van der Waals surface area contributed by atoms with E-state index in [4.69, 9.17) is 0 Å². The van der Waals surface area contributed by atoms with Crippen molar-refractivity contribution in [2.24, 2.45) is 0 Å². The summed E-state index contributed by atoms with van der Waals surface area (Å²) in [5, 5.41) is 15.5. The molecule has 0 aromatic heterocycles. The maximum atomic E-state index is 3.79. The Morgan fingerprint density at radius 3 is 0.389 bits per heavy atom. The third-order valence-electron chi connectivity index (χ3n) is 14.2. The van der Waals surface area contributed by atoms with Crippen LogP contribution in [0.15, 0.2) is 136 Å². The fraction of sp³-hybridized carbons (Fsp3) is 0.364. The lowest BCUT2D eigenvalue weighted by atomic mass is 9.83. The molecule has 72 heavy (non-hydrogen) atoms. The molecular formula is C66H72Br6. The van der Waals surface area contributed by atoms with Gasteiger partial charge in [-0.25, -0.2) is 0 Å². The highest BCUT2D eigenvalue weighted by Crippen LogP contribution is 2.46. The molecule has 0 N–H and O–H groups in total. The minimum atomic E-state index is 0.141. The summed E-state index contributed by atoms with van der Waals surface area (Å²) in [6.07, 6.45) is 0. The molecule has 0 saturated heterocycles. The Morgan fingerprint density at radius 2 is 0.292 bits per heavy atom. The van der Waals surface area contributed by atoms with Gasteiger partial charge in [-0.3, -0.25) is 0 Å². The standard InChI is InChI=1S/3C22H24Br2/c3*1-21(2,3)13-7-9-15-17(11-13)18-12-14(22(4,5)6)8-10-16(18)20(24)19(15)23/h3*7-12H,1-6H3. The molecule has 0 atom stereocenters. The fourth-order valence-electron chi connectivity index (χ4n) is 9.26. The van der Waals surface area contributed by atoms with Gasteiger partial charge < -0.3 is 0 Å². The van der Waals surface area contributed by atoms with Crippen LogP contribution in [0.25, 0.3) is 64.6 Å². The molecule has 0 nitrogen and oxygen atoms in total. The Hall–Kier alpha value is -2.58. The molecule has 0 bridgehead atoms. The molecule has 0 radical (unpaired) electrons. The molecule has 0 unspecified atom stereocenters. The van der Waals surface area contributed by atoms with Crippen LogP contribution in [0, 0.1) is 0 Å². The van der Waals surface area contributed by atoms with E-state index >= 15 is 0 Å². The van der Waals surface area contributed by atoms with Gasteiger partial charge >= 0.3 is 0 Å². The highest BCUT2D eigenvalue weighted by atomic mass is 79.9. The van der Waals surface area contributed by atoms with E-state index in [1.54, 1.807) is 0 Å². The normalized spacial score (nSPS) is 13.0. The number of halogens is 6. The van der Waals surface area contributed by atoms with Gasteiger partial charge in [0.15, 0.2) is 0 Å². The van der Waals surface area contributed by atoms with Crippen LogP contribution in [0.1, 0.15) is 158 Å². The van der Waals surface area contributed by atoms with Crippen molar-refractivity contribution in [2.75, 3.05) is 0 Å². The summed E-state index contributed by atoms with van der Waals surface area (Å²) in [6.45, 7) is 40.8. The largest absolute Gasteiger partial charge is 0.0578 e. The van der Waals surface area contributed by atoms with Gasteiger partial charge in [-0.1, -0.05) is 197 Å². The molecule has 378 valence electrons. The van der Waals surface area contributed by atoms with Crippen molar-refractivity contribution < 1.29 is 0 Å². The average Bonchev–Trinajstić information content (AvgIpc) is 3.29. The monoisotopic (exact) mass is 1340 g/mol. The maximum Gasteiger partial charge on any atom is 0.0402 e. The van der Waals surface area contributed by atoms with Gasteiger partial charge in [-0.15, -0.1) is 0 Å². The van der Waals surface area contributed by atoms with Gasteiger partial charge in [0.2, 0.25) is 0 Å². The van der Waals surface area contributed by atoms with E-state index < -0.39 is 0 Å². The predicted octanol–water partition coefficient (Wildman–Crippen LogP) is 24.3. The molecular weight excluding hydrogens is 1270 g/mol. The number of hydrogen-bond acceptors (Lipinski definition) is 0. The summed E-state index contributed by atoms with van der Waals surface area (Å²) in [5.74, 6) is 0. The van der Waals surface area contributed by atoms with Gasteiger partial charge in [-0.2, -0.15) is 0 Å². The van der Waals surface area contributed by atoms with Crippen LogP contribution in [-0.2, 0) is 32.5 Å². The SMILES string of the molecule is CC(C)(C)c1ccc2c(Br)c(Br)c3ccc(C(C)(C)C)cc3c2c1.CC(C)(C)c1ccc2c(Br)c(Br)c3ccc(C(C)(C)C)cc3c2c1.CC(C)(C)c1ccc2c(Br)c(Br)c3ccc(C(C)(C)C)cc3c2c1. The second kappa shape index (κ2) is 20.4. The zero-order valence-corrected chi connectivity index (χ0v) is 55.2. The van der Waals surface area contributed by atoms with Crippen LogP contribution in [0.3, 0.4) is 0 Å². The molecule has 0 aliphatic carbocycles. The number of fused-ring (bicyclic) bond motifs is 9. The van der Waals surface area contributed by atoms with E-state index in [0.29, 0.717) is 0 Å². The fourth-order valence-corrected chi connectivity index (χ4v) is 12.6. The zero-order valence-electron chi connectivity index (χ0n) is 45.7. The Balaban J connectivity index is 0.000000158. The summed E-state index contributed by atoms with van der Waals surface area (Å²) in [7, 11) is 0. The van der Waals surface area contributed by atoms with E-state index in [1.165, 1.54) is 98.0 Å². The number of rotatable bonds is 0. The molecule has 0 saturated carbocycles. The Kier molecular flexibility index (Phi) is 16.2. The molecule has 9 aromatic rings. The molecule has 9 rings (SSSR count). The van der Waals surface area contributed by atoms with Crippen molar-refractivity contribution in [1.82, 2.24) is 0 Å². The molecule has 9 aromatic carbocycles. The molecule has 0 amide bonds. The lowest BCUT2D eigenvalue weighted by molar-refractivity contribution is 0.590. The van der Waals surface area contributed by atoms with E-state index in [2.05, 4.69) is 329 Å². The Bertz CT molecular complexity index is 2960. The molecule has 0 heterocycles. The van der Waals surface area contributed by atoms with Crippen LogP contribution in [0.5, 0.6) is 0 Å². The van der Waals surface area contributed by atoms with Gasteiger partial charge in [0.25, 0.3) is 0 Å². The quantitative estimate of drug-likeness (QED) is 0.133. The van der Waals surface area contributed by atoms with Crippen molar-refractivity contribution in [1.29, 1.82) is 0 Å². The first-order valence-corrected chi connectivity index (χ1v) is 29.8. The van der Waals surface area contributed by atoms with E-state index in [0.717, 1.165) is 26.8 Å². The third-order valence-corrected chi connectivity index (χ3v) is 20.7. The maximum absolute atomic E-state index is 3.79. The molecule has 0 fully saturated rings. The van der Waals surface area contributed by atoms with Gasteiger partial charge in [-0.05, 0) is 262 Å². The third kappa shape index (κ3) is 11.7. The van der Waals surface area contributed by atoms with Crippen LogP contribution in [0.2, 0.25) is 0 Å². The van der Waals surface area contributed by atoms with E-state index in [-0.39, 0.29) is 32.5 Å². The second-order valence-corrected chi connectivity index (χ2v) is 30.7. The van der Waals surface area contributed by atoms with Crippen molar-refractivity contribution >= 4 is 160 Å². The first-order valence-electron chi connectivity index (χ1n) is 25.1. The van der Waals surface area contributed by atoms with Crippen molar-refractivity contribution in [3.8, 4) is 0 Å². The van der Waals surface area contributed by atoms with Crippen LogP contribution >= 0.6 is 95.6 Å². The number of benzene rings is 9. The van der Waals surface area contributed by atoms with Gasteiger partial charge in [0, 0.05) is 26.8 Å². The summed E-state index contributed by atoms with van der Waals surface area (Å²) >= 11 is 22.7. The first-order chi connectivity index (χ1) is 33.0. The molecule has 0 aliphatic heterocycles. The first kappa shape index (κ1) is 57.1. The van der Waals surface area contributed by atoms with Crippen molar-refractivity contribution in [2.45, 2.75) is 157 Å². The minimum Gasteiger partial charge on any atom is -0.0578 e. The molecule has 0 spiro atoms. The van der Waals surface area contributed by atoms with Crippen LogP contribution in [0.4, 0.5) is 0 Å². The average molecular weight is 1340 g/mol. The smallest absolute Gasteiger partial charge is 0.0402 e. The van der Waals surface area contributed by atoms with Crippen molar-refractivity contribution in [3.63, 3.8) is 0 Å². The van der Waals surface area contributed by atoms with Crippen LogP contribution < -0.4 is 0 Å². The summed E-state index contributed by atoms with van der Waals surface area (Å²) in [4.78, 5) is 0. The highest BCUT2D eigenvalue weighted by molar-refractivity contribution is 9.14. The Labute approximate surface area is 482 Å². The van der Waals surface area contributed by atoms with Gasteiger partial charge in [0.1, 0.15) is 0 Å². The number of hydrogen-bond donors (Lipinski definition) is 0.